The summed E-state index contributed by atoms with van der Waals surface area (Å²) >= 11 is 0. The molecule has 0 aliphatic heterocycles. The number of nitrogens with zero attached hydrogens (tertiary/aromatic N) is 2. The van der Waals surface area contributed by atoms with Crippen LogP contribution >= 0.6 is 0 Å². The Bertz CT molecular complexity index is 3180. The normalized spacial score (nSPS) is 10.1. The van der Waals surface area contributed by atoms with E-state index in [9.17, 15) is 38.4 Å². The predicted octanol–water partition coefficient (Wildman–Crippen LogP) is 5.89. The van der Waals surface area contributed by atoms with E-state index < -0.39 is 17.8 Å². The van der Waals surface area contributed by atoms with E-state index in [0.717, 1.165) is 11.1 Å². The van der Waals surface area contributed by atoms with Crippen LogP contribution in [0.4, 0.5) is 28.7 Å². The lowest BCUT2D eigenvalue weighted by molar-refractivity contribution is -0.145. The number of aromatic nitrogens is 2. The van der Waals surface area contributed by atoms with E-state index >= 15 is 0 Å². The average Bonchev–Trinajstić information content (AvgIpc) is 3.43. The number of carboxylic acids is 1. The van der Waals surface area contributed by atoms with Gasteiger partial charge in [-0.3, -0.25) is 38.4 Å². The molecule has 21 heteroatoms. The molecule has 2 heterocycles. The van der Waals surface area contributed by atoms with Gasteiger partial charge in [0.2, 0.25) is 11.8 Å². The van der Waals surface area contributed by atoms with Gasteiger partial charge in [0.15, 0.2) is 0 Å². The monoisotopic (exact) mass is 1070 g/mol. The number of nitrogens with one attached hydrogen (secondary N) is 5. The molecule has 0 fully saturated rings. The molecule has 0 atom stereocenters. The number of ether oxygens (including phenoxy) is 2. The van der Waals surface area contributed by atoms with Crippen molar-refractivity contribution >= 4 is 76.1 Å². The van der Waals surface area contributed by atoms with E-state index in [4.69, 9.17) is 31.8 Å². The molecule has 0 spiro atoms. The fraction of sp³-hybridized carbons (Fsp3) is 0.172. The highest BCUT2D eigenvalue weighted by atomic mass is 16.5. The van der Waals surface area contributed by atoms with Crippen molar-refractivity contribution in [3.05, 3.63) is 209 Å². The number of nitrogens with two attached hydrogens (primary N) is 3. The lowest BCUT2D eigenvalue weighted by atomic mass is 10.1. The molecule has 5 aromatic carbocycles. The standard InChI is InChI=1S/C24H24N4O4.C17H18N4O4.C17H18N2O3/c25-21-11-5-10-20(27-21)15-22(29)28-19-9-4-8-18(14-19)24(31)26-13-12-23(30)32-16-17-6-2-1-3-7-17;18-14-6-2-5-13(20-14)10-15(22)21-12-4-1-3-11(9-12)17(25)19-8-7-16(23)24;18-15-8-4-7-14(11-15)17(21)19-10-9-16(20)22-12-13-5-2-1-3-6-13/h1-11,14H,12-13,15-16H2,(H2,25,27)(H,26,31)(H,28,29);1-6,9H,7-8,10H2,(H2,18,20)(H,19,25)(H,21,22)(H,23,24);1-8,11H,9-10,12,18H2,(H,19,21). The number of benzene rings is 5. The van der Waals surface area contributed by atoms with Gasteiger partial charge in [-0.15, -0.1) is 0 Å². The number of hydrogen-bond acceptors (Lipinski definition) is 15. The molecule has 0 saturated heterocycles. The highest BCUT2D eigenvalue weighted by Crippen LogP contribution is 2.14. The Morgan fingerprint density at radius 3 is 1.20 bits per heavy atom. The first kappa shape index (κ1) is 59.4. The molecule has 2 aromatic heterocycles. The van der Waals surface area contributed by atoms with Gasteiger partial charge < -0.3 is 58.4 Å². The minimum atomic E-state index is -0.989. The van der Waals surface area contributed by atoms with Crippen molar-refractivity contribution in [3.8, 4) is 0 Å². The number of anilines is 5. The second kappa shape index (κ2) is 32.1. The summed E-state index contributed by atoms with van der Waals surface area (Å²) < 4.78 is 10.3. The summed E-state index contributed by atoms with van der Waals surface area (Å²) in [7, 11) is 0. The number of aliphatic carboxylic acids is 1. The van der Waals surface area contributed by atoms with Crippen LogP contribution < -0.4 is 43.8 Å². The summed E-state index contributed by atoms with van der Waals surface area (Å²) in [5, 5.41) is 21.8. The van der Waals surface area contributed by atoms with Crippen LogP contribution in [0.1, 0.15) is 72.9 Å². The topological polar surface area (TPSA) is 339 Å². The van der Waals surface area contributed by atoms with Crippen molar-refractivity contribution in [1.29, 1.82) is 0 Å². The van der Waals surface area contributed by atoms with Crippen LogP contribution in [0.5, 0.6) is 0 Å². The zero-order valence-corrected chi connectivity index (χ0v) is 42.9. The Morgan fingerprint density at radius 2 is 0.810 bits per heavy atom. The van der Waals surface area contributed by atoms with Gasteiger partial charge in [-0.05, 0) is 90.0 Å². The number of nitrogen functional groups attached to an aromatic ring is 3. The number of amides is 5. The molecular formula is C58H60N10O11. The van der Waals surface area contributed by atoms with Gasteiger partial charge in [0.05, 0.1) is 43.5 Å². The molecule has 0 bridgehead atoms. The van der Waals surface area contributed by atoms with Crippen LogP contribution in [0.2, 0.25) is 0 Å². The zero-order valence-electron chi connectivity index (χ0n) is 42.9. The quantitative estimate of drug-likeness (QED) is 0.0282. The molecular weight excluding hydrogens is 1010 g/mol. The van der Waals surface area contributed by atoms with Crippen LogP contribution in [-0.4, -0.2) is 82.2 Å². The Labute approximate surface area is 455 Å². The van der Waals surface area contributed by atoms with Gasteiger partial charge >= 0.3 is 17.9 Å². The molecule has 0 unspecified atom stereocenters. The lowest BCUT2D eigenvalue weighted by Gasteiger charge is -2.09. The highest BCUT2D eigenvalue weighted by Gasteiger charge is 2.13. The predicted molar refractivity (Wildman–Crippen MR) is 297 cm³/mol. The number of esters is 2. The van der Waals surface area contributed by atoms with Crippen molar-refractivity contribution in [1.82, 2.24) is 25.9 Å². The highest BCUT2D eigenvalue weighted by molar-refractivity contribution is 5.99. The molecule has 0 aliphatic rings. The maximum Gasteiger partial charge on any atom is 0.307 e. The number of hydrogen-bond donors (Lipinski definition) is 9. The van der Waals surface area contributed by atoms with Gasteiger partial charge in [-0.1, -0.05) is 91.0 Å². The van der Waals surface area contributed by atoms with Gasteiger partial charge in [-0.25, -0.2) is 9.97 Å². The Hall–Kier alpha value is -10.4. The van der Waals surface area contributed by atoms with E-state index in [1.54, 1.807) is 103 Å². The smallest absolute Gasteiger partial charge is 0.307 e. The summed E-state index contributed by atoms with van der Waals surface area (Å²) in [6, 6.07) is 48.5. The Morgan fingerprint density at radius 1 is 0.430 bits per heavy atom. The third kappa shape index (κ3) is 23.3. The molecule has 79 heavy (non-hydrogen) atoms. The van der Waals surface area contributed by atoms with E-state index in [-0.39, 0.29) is 94.6 Å². The number of pyridine rings is 2. The molecule has 5 amide bonds. The van der Waals surface area contributed by atoms with Crippen molar-refractivity contribution in [2.75, 3.05) is 47.5 Å². The first-order valence-corrected chi connectivity index (χ1v) is 24.6. The van der Waals surface area contributed by atoms with E-state index in [1.165, 1.54) is 6.07 Å². The lowest BCUT2D eigenvalue weighted by Crippen LogP contribution is -2.26. The minimum Gasteiger partial charge on any atom is -0.481 e. The maximum atomic E-state index is 12.4. The summed E-state index contributed by atoms with van der Waals surface area (Å²) in [5.41, 5.74) is 22.4. The number of carboxylic acid groups (broad SMARTS) is 1. The van der Waals surface area contributed by atoms with Crippen LogP contribution in [0, 0.1) is 0 Å². The largest absolute Gasteiger partial charge is 0.481 e. The molecule has 0 saturated carbocycles. The number of carbonyl (C=O) groups is 8. The first-order chi connectivity index (χ1) is 38.1. The van der Waals surface area contributed by atoms with Crippen molar-refractivity contribution in [2.24, 2.45) is 0 Å². The molecule has 408 valence electrons. The molecule has 21 nitrogen and oxygen atoms in total. The van der Waals surface area contributed by atoms with Crippen molar-refractivity contribution < 1.29 is 52.9 Å². The first-order valence-electron chi connectivity index (χ1n) is 24.6. The second-order valence-corrected chi connectivity index (χ2v) is 17.0. The Balaban J connectivity index is 0.000000222. The van der Waals surface area contributed by atoms with Gasteiger partial charge in [0.1, 0.15) is 24.8 Å². The number of rotatable bonds is 22. The number of carbonyl (C=O) groups excluding carboxylic acids is 7. The van der Waals surface area contributed by atoms with Crippen molar-refractivity contribution in [3.63, 3.8) is 0 Å². The fourth-order valence-electron chi connectivity index (χ4n) is 6.85. The third-order valence-corrected chi connectivity index (χ3v) is 10.6. The Kier molecular flexibility index (Phi) is 24.2. The molecule has 12 N–H and O–H groups in total. The second-order valence-electron chi connectivity index (χ2n) is 17.0. The molecule has 7 aromatic rings. The van der Waals surface area contributed by atoms with Crippen molar-refractivity contribution in [2.45, 2.75) is 45.3 Å². The van der Waals surface area contributed by atoms with Crippen LogP contribution in [-0.2, 0) is 59.5 Å². The third-order valence-electron chi connectivity index (χ3n) is 10.6. The van der Waals surface area contributed by atoms with Gasteiger partial charge in [0, 0.05) is 53.4 Å². The zero-order chi connectivity index (χ0) is 56.8. The molecule has 0 aliphatic carbocycles. The van der Waals surface area contributed by atoms with E-state index in [2.05, 4.69) is 36.6 Å². The summed E-state index contributed by atoms with van der Waals surface area (Å²) in [6.07, 6.45) is 0.144. The summed E-state index contributed by atoms with van der Waals surface area (Å²) in [5.74, 6) is -2.64. The molecule has 7 rings (SSSR count). The SMILES string of the molecule is Nc1cccc(C(=O)NCCC(=O)OCc2ccccc2)c1.Nc1cccc(CC(=O)Nc2cccc(C(=O)NCCC(=O)O)c2)n1.Nc1cccc(CC(=O)Nc2cccc(C(=O)NCCC(=O)OCc3ccccc3)c2)n1. The average molecular weight is 1070 g/mol. The minimum absolute atomic E-state index is 0.0336. The van der Waals surface area contributed by atoms with E-state index in [1.807, 2.05) is 60.7 Å². The summed E-state index contributed by atoms with van der Waals surface area (Å²) in [4.78, 5) is 103. The van der Waals surface area contributed by atoms with Crippen LogP contribution in [0.15, 0.2) is 170 Å². The summed E-state index contributed by atoms with van der Waals surface area (Å²) in [6.45, 7) is 0.834. The fourth-order valence-corrected chi connectivity index (χ4v) is 6.85. The molecule has 0 radical (unpaired) electrons. The van der Waals surface area contributed by atoms with Gasteiger partial charge in [-0.2, -0.15) is 0 Å². The van der Waals surface area contributed by atoms with Crippen LogP contribution in [0.25, 0.3) is 0 Å². The van der Waals surface area contributed by atoms with E-state index in [0.29, 0.717) is 56.8 Å². The van der Waals surface area contributed by atoms with Gasteiger partial charge in [0.25, 0.3) is 17.7 Å². The van der Waals surface area contributed by atoms with Crippen LogP contribution in [0.3, 0.4) is 0 Å². The maximum absolute atomic E-state index is 12.4.